The number of carbonyl (C=O) groups excluding carboxylic acids is 2. The van der Waals surface area contributed by atoms with Crippen LogP contribution in [0.25, 0.3) is 0 Å². The van der Waals surface area contributed by atoms with Gasteiger partial charge in [0.2, 0.25) is 5.91 Å². The van der Waals surface area contributed by atoms with Crippen LogP contribution < -0.4 is 5.32 Å². The average Bonchev–Trinajstić information content (AvgIpc) is 3.08. The maximum absolute atomic E-state index is 12.6. The number of nitrogens with zero attached hydrogens (tertiary/aromatic N) is 2. The van der Waals surface area contributed by atoms with Gasteiger partial charge in [-0.3, -0.25) is 14.7 Å². The van der Waals surface area contributed by atoms with Crippen LogP contribution >= 0.6 is 0 Å². The van der Waals surface area contributed by atoms with Gasteiger partial charge in [-0.15, -0.1) is 0 Å². The predicted octanol–water partition coefficient (Wildman–Crippen LogP) is 2.41. The SMILES string of the molecule is Cc1[nH]ncc1C(=O)N1CCC(O)(CNC(=O)CC2CCCCC2(C)C)CC1. The lowest BCUT2D eigenvalue weighted by Crippen LogP contribution is -2.52. The third-order valence-corrected chi connectivity index (χ3v) is 6.82. The van der Waals surface area contributed by atoms with Gasteiger partial charge in [-0.2, -0.15) is 5.10 Å². The zero-order valence-electron chi connectivity index (χ0n) is 17.4. The normalized spacial score (nSPS) is 24.0. The Balaban J connectivity index is 1.46. The smallest absolute Gasteiger partial charge is 0.257 e. The van der Waals surface area contributed by atoms with Gasteiger partial charge in [0.25, 0.3) is 5.91 Å². The van der Waals surface area contributed by atoms with Crippen molar-refractivity contribution < 1.29 is 14.7 Å². The van der Waals surface area contributed by atoms with Crippen LogP contribution in [0.1, 0.15) is 74.8 Å². The molecule has 0 bridgehead atoms. The summed E-state index contributed by atoms with van der Waals surface area (Å²) < 4.78 is 0. The summed E-state index contributed by atoms with van der Waals surface area (Å²) in [5, 5.41) is 20.5. The van der Waals surface area contributed by atoms with E-state index in [-0.39, 0.29) is 23.8 Å². The molecule has 0 spiro atoms. The highest BCUT2D eigenvalue weighted by molar-refractivity contribution is 5.95. The van der Waals surface area contributed by atoms with Gasteiger partial charge in [0.1, 0.15) is 0 Å². The van der Waals surface area contributed by atoms with Crippen LogP contribution in [0, 0.1) is 18.3 Å². The average molecular weight is 391 g/mol. The first-order valence-electron chi connectivity index (χ1n) is 10.5. The van der Waals surface area contributed by atoms with Crippen molar-refractivity contribution in [2.45, 2.75) is 71.3 Å². The second kappa shape index (κ2) is 8.23. The fourth-order valence-electron chi connectivity index (χ4n) is 4.54. The first-order valence-corrected chi connectivity index (χ1v) is 10.5. The molecule has 1 unspecified atom stereocenters. The molecule has 2 heterocycles. The lowest BCUT2D eigenvalue weighted by Gasteiger charge is -2.39. The summed E-state index contributed by atoms with van der Waals surface area (Å²) in [5.74, 6) is 0.381. The second-order valence-electron chi connectivity index (χ2n) is 9.34. The Hall–Kier alpha value is -1.89. The number of H-pyrrole nitrogens is 1. The number of aliphatic hydroxyl groups is 1. The molecule has 7 heteroatoms. The number of piperidine rings is 1. The summed E-state index contributed by atoms with van der Waals surface area (Å²) in [6, 6.07) is 0. The summed E-state index contributed by atoms with van der Waals surface area (Å²) in [7, 11) is 0. The Morgan fingerprint density at radius 1 is 1.29 bits per heavy atom. The summed E-state index contributed by atoms with van der Waals surface area (Å²) in [6.45, 7) is 7.55. The molecule has 156 valence electrons. The second-order valence-corrected chi connectivity index (χ2v) is 9.34. The van der Waals surface area contributed by atoms with E-state index in [9.17, 15) is 14.7 Å². The first-order chi connectivity index (χ1) is 13.2. The molecular formula is C21H34N4O3. The van der Waals surface area contributed by atoms with Crippen molar-refractivity contribution in [3.63, 3.8) is 0 Å². The van der Waals surface area contributed by atoms with Gasteiger partial charge in [0, 0.05) is 31.7 Å². The number of aryl methyl sites for hydroxylation is 1. The van der Waals surface area contributed by atoms with Crippen molar-refractivity contribution in [1.29, 1.82) is 0 Å². The molecule has 2 amide bonds. The number of amides is 2. The topological polar surface area (TPSA) is 98.3 Å². The van der Waals surface area contributed by atoms with Crippen LogP contribution in [-0.4, -0.2) is 57.3 Å². The number of likely N-dealkylation sites (tertiary alicyclic amines) is 1. The Labute approximate surface area is 167 Å². The Morgan fingerprint density at radius 3 is 2.61 bits per heavy atom. The van der Waals surface area contributed by atoms with Crippen molar-refractivity contribution in [1.82, 2.24) is 20.4 Å². The van der Waals surface area contributed by atoms with E-state index in [1.165, 1.54) is 19.3 Å². The fraction of sp³-hybridized carbons (Fsp3) is 0.762. The summed E-state index contributed by atoms with van der Waals surface area (Å²) in [6.07, 6.45) is 7.74. The van der Waals surface area contributed by atoms with Crippen LogP contribution in [-0.2, 0) is 4.79 Å². The van der Waals surface area contributed by atoms with E-state index in [1.807, 2.05) is 6.92 Å². The monoisotopic (exact) mass is 390 g/mol. The molecule has 2 fully saturated rings. The Kier molecular flexibility index (Phi) is 6.12. The van der Waals surface area contributed by atoms with Crippen LogP contribution in [0.4, 0.5) is 0 Å². The molecular weight excluding hydrogens is 356 g/mol. The Morgan fingerprint density at radius 2 is 2.00 bits per heavy atom. The van der Waals surface area contributed by atoms with Crippen LogP contribution in [0.3, 0.4) is 0 Å². The summed E-state index contributed by atoms with van der Waals surface area (Å²) in [4.78, 5) is 26.8. The van der Waals surface area contributed by atoms with Crippen molar-refractivity contribution >= 4 is 11.8 Å². The van der Waals surface area contributed by atoms with Gasteiger partial charge in [-0.1, -0.05) is 26.7 Å². The zero-order valence-corrected chi connectivity index (χ0v) is 17.4. The zero-order chi connectivity index (χ0) is 20.4. The number of aromatic amines is 1. The quantitative estimate of drug-likeness (QED) is 0.719. The molecule has 7 nitrogen and oxygen atoms in total. The molecule has 3 N–H and O–H groups in total. The minimum absolute atomic E-state index is 0.0286. The molecule has 1 saturated heterocycles. The molecule has 1 atom stereocenters. The summed E-state index contributed by atoms with van der Waals surface area (Å²) in [5.41, 5.74) is 0.598. The van der Waals surface area contributed by atoms with E-state index in [4.69, 9.17) is 0 Å². The van der Waals surface area contributed by atoms with Crippen molar-refractivity contribution in [3.8, 4) is 0 Å². The number of carbonyl (C=O) groups is 2. The molecule has 1 saturated carbocycles. The summed E-state index contributed by atoms with van der Waals surface area (Å²) >= 11 is 0. The van der Waals surface area contributed by atoms with Gasteiger partial charge in [-0.25, -0.2) is 0 Å². The molecule has 1 aliphatic carbocycles. The molecule has 0 radical (unpaired) electrons. The highest BCUT2D eigenvalue weighted by Crippen LogP contribution is 2.42. The highest BCUT2D eigenvalue weighted by atomic mass is 16.3. The molecule has 1 aromatic heterocycles. The number of rotatable bonds is 5. The lowest BCUT2D eigenvalue weighted by atomic mass is 9.67. The molecule has 2 aliphatic rings. The molecule has 28 heavy (non-hydrogen) atoms. The minimum Gasteiger partial charge on any atom is -0.388 e. The van der Waals surface area contributed by atoms with Crippen LogP contribution in [0.15, 0.2) is 6.20 Å². The van der Waals surface area contributed by atoms with Crippen molar-refractivity contribution in [2.24, 2.45) is 11.3 Å². The number of nitrogens with one attached hydrogen (secondary N) is 2. The van der Waals surface area contributed by atoms with Crippen LogP contribution in [0.2, 0.25) is 0 Å². The van der Waals surface area contributed by atoms with Gasteiger partial charge >= 0.3 is 0 Å². The first kappa shape index (κ1) is 20.8. The largest absolute Gasteiger partial charge is 0.388 e. The fourth-order valence-corrected chi connectivity index (χ4v) is 4.54. The van der Waals surface area contributed by atoms with Crippen molar-refractivity contribution in [2.75, 3.05) is 19.6 Å². The molecule has 3 rings (SSSR count). The molecule has 1 aromatic rings. The minimum atomic E-state index is -0.944. The van der Waals surface area contributed by atoms with Crippen LogP contribution in [0.5, 0.6) is 0 Å². The molecule has 0 aromatic carbocycles. The number of aromatic nitrogens is 2. The standard InChI is InChI=1S/C21H34N4O3/c1-15-17(13-23-24-15)19(27)25-10-8-21(28,9-11-25)14-22-18(26)12-16-6-4-5-7-20(16,2)3/h13,16,28H,4-12,14H2,1-3H3,(H,22,26)(H,23,24). The highest BCUT2D eigenvalue weighted by Gasteiger charge is 2.36. The third-order valence-electron chi connectivity index (χ3n) is 6.82. The molecule has 1 aliphatic heterocycles. The van der Waals surface area contributed by atoms with E-state index in [0.717, 1.165) is 12.1 Å². The van der Waals surface area contributed by atoms with Gasteiger partial charge in [0.15, 0.2) is 0 Å². The maximum atomic E-state index is 12.6. The van der Waals surface area contributed by atoms with Gasteiger partial charge in [0.05, 0.1) is 17.4 Å². The number of hydrogen-bond acceptors (Lipinski definition) is 4. The van der Waals surface area contributed by atoms with E-state index in [1.54, 1.807) is 11.1 Å². The van der Waals surface area contributed by atoms with E-state index < -0.39 is 5.60 Å². The van der Waals surface area contributed by atoms with E-state index in [0.29, 0.717) is 43.8 Å². The van der Waals surface area contributed by atoms with Gasteiger partial charge in [-0.05, 0) is 43.9 Å². The third kappa shape index (κ3) is 4.74. The van der Waals surface area contributed by atoms with Gasteiger partial charge < -0.3 is 15.3 Å². The Bertz CT molecular complexity index is 704. The van der Waals surface area contributed by atoms with E-state index >= 15 is 0 Å². The maximum Gasteiger partial charge on any atom is 0.257 e. The van der Waals surface area contributed by atoms with E-state index in [2.05, 4.69) is 29.4 Å². The lowest BCUT2D eigenvalue weighted by molar-refractivity contribution is -0.125. The van der Waals surface area contributed by atoms with Crippen molar-refractivity contribution in [3.05, 3.63) is 17.5 Å². The predicted molar refractivity (Wildman–Crippen MR) is 107 cm³/mol. The number of hydrogen-bond donors (Lipinski definition) is 3.